The summed E-state index contributed by atoms with van der Waals surface area (Å²) in [6, 6.07) is 8.46. The fourth-order valence-corrected chi connectivity index (χ4v) is 1.47. The first-order valence-electron chi connectivity index (χ1n) is 6.79. The van der Waals surface area contributed by atoms with E-state index in [1.807, 2.05) is 30.3 Å². The highest BCUT2D eigenvalue weighted by Crippen LogP contribution is 2.00. The Hall–Kier alpha value is -2.37. The van der Waals surface area contributed by atoms with Crippen LogP contribution in [0, 0.1) is 0 Å². The van der Waals surface area contributed by atoms with E-state index in [2.05, 4.69) is 10.6 Å². The van der Waals surface area contributed by atoms with Crippen LogP contribution in [-0.2, 0) is 20.9 Å². The first-order valence-corrected chi connectivity index (χ1v) is 6.79. The molecule has 6 nitrogen and oxygen atoms in total. The number of hydrogen-bond acceptors (Lipinski definition) is 4. The maximum absolute atomic E-state index is 11.6. The van der Waals surface area contributed by atoms with E-state index in [1.165, 1.54) is 6.92 Å². The summed E-state index contributed by atoms with van der Waals surface area (Å²) in [6.45, 7) is 3.35. The summed E-state index contributed by atoms with van der Waals surface area (Å²) in [6.07, 6.45) is -0.315. The number of Topliss-reactive ketones (excluding diaryl/α,β-unsaturated/α-hetero) is 1. The molecule has 0 heterocycles. The summed E-state index contributed by atoms with van der Waals surface area (Å²) in [5, 5.41) is 4.86. The Kier molecular flexibility index (Phi) is 6.94. The minimum Gasteiger partial charge on any atom is -0.445 e. The number of carbonyl (C=O) groups is 3. The van der Waals surface area contributed by atoms with Crippen molar-refractivity contribution >= 4 is 17.8 Å². The largest absolute Gasteiger partial charge is 0.445 e. The summed E-state index contributed by atoms with van der Waals surface area (Å²) in [7, 11) is 0. The second kappa shape index (κ2) is 8.73. The normalized spacial score (nSPS) is 11.3. The summed E-state index contributed by atoms with van der Waals surface area (Å²) in [5.74, 6) is -0.490. The van der Waals surface area contributed by atoms with Gasteiger partial charge in [-0.2, -0.15) is 0 Å². The van der Waals surface area contributed by atoms with Crippen molar-refractivity contribution in [3.63, 3.8) is 0 Å². The summed E-state index contributed by atoms with van der Waals surface area (Å²) < 4.78 is 5.00. The zero-order valence-electron chi connectivity index (χ0n) is 12.2. The molecule has 21 heavy (non-hydrogen) atoms. The van der Waals surface area contributed by atoms with Crippen molar-refractivity contribution in [2.75, 3.05) is 6.54 Å². The van der Waals surface area contributed by atoms with E-state index in [-0.39, 0.29) is 18.9 Å². The number of ketones is 1. The van der Waals surface area contributed by atoms with E-state index in [0.29, 0.717) is 6.42 Å². The first kappa shape index (κ1) is 16.7. The molecule has 0 fully saturated rings. The molecule has 0 aromatic heterocycles. The van der Waals surface area contributed by atoms with Gasteiger partial charge in [-0.05, 0) is 12.5 Å². The summed E-state index contributed by atoms with van der Waals surface area (Å²) >= 11 is 0. The van der Waals surface area contributed by atoms with Crippen LogP contribution >= 0.6 is 0 Å². The topological polar surface area (TPSA) is 84.5 Å². The van der Waals surface area contributed by atoms with Crippen molar-refractivity contribution in [2.45, 2.75) is 32.9 Å². The second-order valence-electron chi connectivity index (χ2n) is 4.54. The van der Waals surface area contributed by atoms with Crippen LogP contribution in [0.25, 0.3) is 0 Å². The highest BCUT2D eigenvalue weighted by Gasteiger charge is 2.16. The Morgan fingerprint density at radius 2 is 1.86 bits per heavy atom. The number of hydrogen-bond donors (Lipinski definition) is 2. The lowest BCUT2D eigenvalue weighted by Crippen LogP contribution is -2.46. The van der Waals surface area contributed by atoms with E-state index in [1.54, 1.807) is 6.92 Å². The number of amides is 2. The molecule has 0 aliphatic carbocycles. The average Bonchev–Trinajstić information content (AvgIpc) is 2.51. The average molecular weight is 292 g/mol. The summed E-state index contributed by atoms with van der Waals surface area (Å²) in [5.41, 5.74) is 0.860. The number of carbonyl (C=O) groups excluding carboxylic acids is 3. The SMILES string of the molecule is CCC(=O)CNC(=O)C(C)NC(=O)OCc1ccccc1. The second-order valence-corrected chi connectivity index (χ2v) is 4.54. The molecular weight excluding hydrogens is 272 g/mol. The zero-order valence-corrected chi connectivity index (χ0v) is 12.2. The maximum atomic E-state index is 11.6. The lowest BCUT2D eigenvalue weighted by Gasteiger charge is -2.13. The van der Waals surface area contributed by atoms with Gasteiger partial charge in [0.15, 0.2) is 5.78 Å². The summed E-state index contributed by atoms with van der Waals surface area (Å²) in [4.78, 5) is 34.3. The molecule has 0 saturated heterocycles. The third kappa shape index (κ3) is 6.56. The van der Waals surface area contributed by atoms with Gasteiger partial charge in [-0.3, -0.25) is 9.59 Å². The van der Waals surface area contributed by atoms with Crippen molar-refractivity contribution in [1.29, 1.82) is 0 Å². The van der Waals surface area contributed by atoms with E-state index in [0.717, 1.165) is 5.56 Å². The molecule has 2 N–H and O–H groups in total. The van der Waals surface area contributed by atoms with Crippen LogP contribution in [0.1, 0.15) is 25.8 Å². The van der Waals surface area contributed by atoms with Gasteiger partial charge in [-0.15, -0.1) is 0 Å². The van der Waals surface area contributed by atoms with E-state index < -0.39 is 18.0 Å². The number of rotatable bonds is 7. The van der Waals surface area contributed by atoms with Crippen LogP contribution in [-0.4, -0.2) is 30.4 Å². The molecule has 0 spiro atoms. The Morgan fingerprint density at radius 1 is 1.19 bits per heavy atom. The molecule has 6 heteroatoms. The molecule has 0 bridgehead atoms. The molecule has 1 unspecified atom stereocenters. The lowest BCUT2D eigenvalue weighted by atomic mass is 10.2. The molecule has 1 rings (SSSR count). The van der Waals surface area contributed by atoms with Gasteiger partial charge in [0.1, 0.15) is 12.6 Å². The van der Waals surface area contributed by atoms with E-state index in [4.69, 9.17) is 4.74 Å². The predicted molar refractivity (Wildman–Crippen MR) is 77.5 cm³/mol. The molecule has 1 aromatic rings. The number of alkyl carbamates (subject to hydrolysis) is 1. The number of benzene rings is 1. The smallest absolute Gasteiger partial charge is 0.408 e. The van der Waals surface area contributed by atoms with Gasteiger partial charge in [0.05, 0.1) is 6.54 Å². The molecule has 114 valence electrons. The van der Waals surface area contributed by atoms with Gasteiger partial charge >= 0.3 is 6.09 Å². The minimum absolute atomic E-state index is 0.0274. The molecule has 0 radical (unpaired) electrons. The number of nitrogens with one attached hydrogen (secondary N) is 2. The standard InChI is InChI=1S/C15H20N2O4/c1-3-13(18)9-16-14(19)11(2)17-15(20)21-10-12-7-5-4-6-8-12/h4-8,11H,3,9-10H2,1-2H3,(H,16,19)(H,17,20). The van der Waals surface area contributed by atoms with Gasteiger partial charge in [-0.25, -0.2) is 4.79 Å². The van der Waals surface area contributed by atoms with Crippen molar-refractivity contribution in [1.82, 2.24) is 10.6 Å². The highest BCUT2D eigenvalue weighted by molar-refractivity contribution is 5.89. The quantitative estimate of drug-likeness (QED) is 0.795. The van der Waals surface area contributed by atoms with E-state index >= 15 is 0 Å². The Balaban J connectivity index is 2.29. The Labute approximate surface area is 123 Å². The minimum atomic E-state index is -0.766. The monoisotopic (exact) mass is 292 g/mol. The molecule has 0 saturated carbocycles. The highest BCUT2D eigenvalue weighted by atomic mass is 16.5. The molecule has 1 aromatic carbocycles. The van der Waals surface area contributed by atoms with Crippen molar-refractivity contribution < 1.29 is 19.1 Å². The van der Waals surface area contributed by atoms with Crippen LogP contribution in [0.3, 0.4) is 0 Å². The molecule has 0 aliphatic rings. The molecular formula is C15H20N2O4. The molecule has 2 amide bonds. The maximum Gasteiger partial charge on any atom is 0.408 e. The Morgan fingerprint density at radius 3 is 2.48 bits per heavy atom. The van der Waals surface area contributed by atoms with Crippen molar-refractivity contribution in [2.24, 2.45) is 0 Å². The van der Waals surface area contributed by atoms with Crippen LogP contribution in [0.5, 0.6) is 0 Å². The zero-order chi connectivity index (χ0) is 15.7. The van der Waals surface area contributed by atoms with E-state index in [9.17, 15) is 14.4 Å². The van der Waals surface area contributed by atoms with Gasteiger partial charge in [0.2, 0.25) is 5.91 Å². The van der Waals surface area contributed by atoms with Gasteiger partial charge in [-0.1, -0.05) is 37.3 Å². The fraction of sp³-hybridized carbons (Fsp3) is 0.400. The van der Waals surface area contributed by atoms with Gasteiger partial charge in [0.25, 0.3) is 0 Å². The fourth-order valence-electron chi connectivity index (χ4n) is 1.47. The van der Waals surface area contributed by atoms with Crippen LogP contribution in [0.15, 0.2) is 30.3 Å². The third-order valence-electron chi connectivity index (χ3n) is 2.79. The lowest BCUT2D eigenvalue weighted by molar-refractivity contribution is -0.126. The third-order valence-corrected chi connectivity index (χ3v) is 2.79. The first-order chi connectivity index (χ1) is 10.0. The van der Waals surface area contributed by atoms with Crippen LogP contribution < -0.4 is 10.6 Å². The molecule has 0 aliphatic heterocycles. The molecule has 1 atom stereocenters. The number of ether oxygens (including phenoxy) is 1. The van der Waals surface area contributed by atoms with Crippen molar-refractivity contribution in [3.05, 3.63) is 35.9 Å². The van der Waals surface area contributed by atoms with Crippen LogP contribution in [0.4, 0.5) is 4.79 Å². The predicted octanol–water partition coefficient (Wildman–Crippen LogP) is 1.40. The Bertz CT molecular complexity index is 488. The van der Waals surface area contributed by atoms with Gasteiger partial charge in [0, 0.05) is 6.42 Å². The van der Waals surface area contributed by atoms with Gasteiger partial charge < -0.3 is 15.4 Å². The van der Waals surface area contributed by atoms with Crippen LogP contribution in [0.2, 0.25) is 0 Å². The van der Waals surface area contributed by atoms with Crippen molar-refractivity contribution in [3.8, 4) is 0 Å².